The van der Waals surface area contributed by atoms with Crippen molar-refractivity contribution in [2.75, 3.05) is 18.4 Å². The van der Waals surface area contributed by atoms with Crippen molar-refractivity contribution in [3.05, 3.63) is 111 Å². The Kier molecular flexibility index (Phi) is 15.5. The molecule has 0 bridgehead atoms. The predicted octanol–water partition coefficient (Wildman–Crippen LogP) is 8.55. The number of aromatic nitrogens is 6. The Morgan fingerprint density at radius 1 is 1.04 bits per heavy atom. The molecule has 0 saturated carbocycles. The molecule has 0 unspecified atom stereocenters. The molecule has 4 aromatic rings. The number of allylic oxidation sites excluding steroid dienone is 4. The van der Waals surface area contributed by atoms with Crippen LogP contribution in [0.5, 0.6) is 0 Å². The normalized spacial score (nSPS) is 12.4. The standard InChI is InChI=1S/C21H19Cl2N7O.C11H14F3NO.C2H6/c1-2-3-18-11-19(15-8-16(22)10-17(23)9-15)27-30(18)12-13-4-6-14(7-5-13)20(31)24-21-25-28-29-26-21;1-2-15-8-9-4-3-5-10(7-6-9)16-11(12,13)14;1-2/h4-11H,2-3,12H2,1H3,(H2,24,25,26,28,29,31);3,5-7,15H,2,4,8H2,1H3;1-2H3. The molecule has 49 heavy (non-hydrogen) atoms. The average Bonchev–Trinajstić information content (AvgIpc) is 3.66. The Bertz CT molecular complexity index is 1700. The molecule has 0 atom stereocenters. The number of ether oxygens (including phenoxy) is 1. The summed E-state index contributed by atoms with van der Waals surface area (Å²) >= 11 is 12.3. The van der Waals surface area contributed by atoms with Gasteiger partial charge in [-0.05, 0) is 78.7 Å². The fourth-order valence-electron chi connectivity index (χ4n) is 4.48. The number of hydrogen-bond donors (Lipinski definition) is 3. The van der Waals surface area contributed by atoms with Gasteiger partial charge >= 0.3 is 6.36 Å². The van der Waals surface area contributed by atoms with E-state index in [0.29, 0.717) is 35.1 Å². The molecule has 15 heteroatoms. The number of rotatable bonds is 11. The summed E-state index contributed by atoms with van der Waals surface area (Å²) in [4.78, 5) is 12.3. The van der Waals surface area contributed by atoms with E-state index in [1.807, 2.05) is 49.7 Å². The first-order valence-corrected chi connectivity index (χ1v) is 16.5. The van der Waals surface area contributed by atoms with Crippen LogP contribution in [0.1, 0.15) is 62.2 Å². The van der Waals surface area contributed by atoms with Gasteiger partial charge < -0.3 is 10.1 Å². The van der Waals surface area contributed by atoms with E-state index in [1.165, 1.54) is 12.2 Å². The Labute approximate surface area is 293 Å². The fourth-order valence-corrected chi connectivity index (χ4v) is 5.01. The van der Waals surface area contributed by atoms with Crippen molar-refractivity contribution in [3.8, 4) is 11.3 Å². The minimum Gasteiger partial charge on any atom is -0.406 e. The number of tetrazole rings is 1. The van der Waals surface area contributed by atoms with E-state index in [4.69, 9.17) is 28.3 Å². The summed E-state index contributed by atoms with van der Waals surface area (Å²) in [5.74, 6) is -0.360. The first-order chi connectivity index (χ1) is 23.5. The van der Waals surface area contributed by atoms with Crippen LogP contribution in [0.2, 0.25) is 10.0 Å². The molecule has 3 N–H and O–H groups in total. The first-order valence-electron chi connectivity index (χ1n) is 15.7. The SMILES string of the molecule is CC.CCCc1cc(-c2cc(Cl)cc(Cl)c2)nn1Cc1ccc(C(=O)Nc2nn[nH]n2)cc1.CCNCC1=CC=C(OC(F)(F)F)C=CC1. The third kappa shape index (κ3) is 13.2. The van der Waals surface area contributed by atoms with Crippen molar-refractivity contribution >= 4 is 35.1 Å². The molecule has 0 fully saturated rings. The van der Waals surface area contributed by atoms with Crippen LogP contribution >= 0.6 is 23.2 Å². The number of likely N-dealkylation sites (N-methyl/N-ethyl adjacent to an activating group) is 1. The summed E-state index contributed by atoms with van der Waals surface area (Å²) in [5.41, 5.74) is 5.36. The number of alkyl halides is 3. The lowest BCUT2D eigenvalue weighted by Gasteiger charge is -2.08. The summed E-state index contributed by atoms with van der Waals surface area (Å²) in [7, 11) is 0. The van der Waals surface area contributed by atoms with Gasteiger partial charge in [-0.3, -0.25) is 14.8 Å². The second-order valence-corrected chi connectivity index (χ2v) is 11.2. The number of H-pyrrole nitrogens is 1. The van der Waals surface area contributed by atoms with Crippen LogP contribution in [-0.2, 0) is 17.7 Å². The van der Waals surface area contributed by atoms with Crippen LogP contribution < -0.4 is 10.6 Å². The monoisotopic (exact) mass is 718 g/mol. The number of hydrogen-bond acceptors (Lipinski definition) is 7. The highest BCUT2D eigenvalue weighted by molar-refractivity contribution is 6.35. The highest BCUT2D eigenvalue weighted by Crippen LogP contribution is 2.28. The summed E-state index contributed by atoms with van der Waals surface area (Å²) in [6.07, 6.45) is 3.89. The zero-order valence-corrected chi connectivity index (χ0v) is 29.1. The average molecular weight is 720 g/mol. The van der Waals surface area contributed by atoms with Gasteiger partial charge in [-0.2, -0.15) is 10.3 Å². The van der Waals surface area contributed by atoms with E-state index in [2.05, 4.69) is 49.0 Å². The number of anilines is 1. The molecule has 0 radical (unpaired) electrons. The molecular weight excluding hydrogens is 680 g/mol. The molecule has 2 heterocycles. The second kappa shape index (κ2) is 19.5. The second-order valence-electron chi connectivity index (χ2n) is 10.3. The van der Waals surface area contributed by atoms with E-state index in [0.717, 1.165) is 47.5 Å². The highest BCUT2D eigenvalue weighted by atomic mass is 35.5. The van der Waals surface area contributed by atoms with E-state index in [1.54, 1.807) is 30.4 Å². The number of carbonyl (C=O) groups excluding carboxylic acids is 1. The molecule has 1 aliphatic rings. The van der Waals surface area contributed by atoms with Crippen molar-refractivity contribution in [1.29, 1.82) is 0 Å². The Hall–Kier alpha value is -4.46. The van der Waals surface area contributed by atoms with Gasteiger partial charge in [-0.1, -0.05) is 92.3 Å². The van der Waals surface area contributed by atoms with Gasteiger partial charge in [0, 0.05) is 33.4 Å². The number of nitrogens with zero attached hydrogens (tertiary/aromatic N) is 5. The van der Waals surface area contributed by atoms with E-state index in [-0.39, 0.29) is 17.6 Å². The summed E-state index contributed by atoms with van der Waals surface area (Å²) in [5, 5.41) is 24.7. The lowest BCUT2D eigenvalue weighted by atomic mass is 10.1. The zero-order chi connectivity index (χ0) is 35.8. The first kappa shape index (κ1) is 39.0. The van der Waals surface area contributed by atoms with Crippen LogP contribution in [0.25, 0.3) is 11.3 Å². The molecule has 0 spiro atoms. The number of nitrogens with one attached hydrogen (secondary N) is 3. The number of aromatic amines is 1. The van der Waals surface area contributed by atoms with Gasteiger partial charge in [0.25, 0.3) is 11.9 Å². The van der Waals surface area contributed by atoms with E-state index in [9.17, 15) is 18.0 Å². The largest absolute Gasteiger partial charge is 0.573 e. The quantitative estimate of drug-likeness (QED) is 0.142. The predicted molar refractivity (Wildman–Crippen MR) is 186 cm³/mol. The molecule has 10 nitrogen and oxygen atoms in total. The lowest BCUT2D eigenvalue weighted by Crippen LogP contribution is -2.15. The molecule has 262 valence electrons. The Morgan fingerprint density at radius 3 is 2.37 bits per heavy atom. The van der Waals surface area contributed by atoms with Crippen LogP contribution in [0.15, 0.2) is 84.2 Å². The van der Waals surface area contributed by atoms with Crippen LogP contribution in [-0.4, -0.2) is 55.8 Å². The Morgan fingerprint density at radius 2 is 1.76 bits per heavy atom. The molecule has 2 aromatic carbocycles. The minimum atomic E-state index is -4.63. The molecule has 1 aliphatic carbocycles. The number of amides is 1. The zero-order valence-electron chi connectivity index (χ0n) is 27.6. The Balaban J connectivity index is 0.000000305. The summed E-state index contributed by atoms with van der Waals surface area (Å²) in [6, 6.07) is 14.8. The number of halogens is 5. The number of benzene rings is 2. The molecular formula is C34H39Cl2F3N8O2. The van der Waals surface area contributed by atoms with Crippen molar-refractivity contribution in [2.24, 2.45) is 0 Å². The highest BCUT2D eigenvalue weighted by Gasteiger charge is 2.31. The van der Waals surface area contributed by atoms with E-state index < -0.39 is 6.36 Å². The smallest absolute Gasteiger partial charge is 0.406 e. The maximum Gasteiger partial charge on any atom is 0.573 e. The van der Waals surface area contributed by atoms with Crippen molar-refractivity contribution < 1.29 is 22.7 Å². The molecule has 0 aliphatic heterocycles. The van der Waals surface area contributed by atoms with Gasteiger partial charge in [0.05, 0.1) is 12.2 Å². The third-order valence-corrected chi connectivity index (χ3v) is 7.06. The topological polar surface area (TPSA) is 123 Å². The number of carbonyl (C=O) groups is 1. The minimum absolute atomic E-state index is 0.128. The van der Waals surface area contributed by atoms with Crippen LogP contribution in [0.4, 0.5) is 19.1 Å². The van der Waals surface area contributed by atoms with Gasteiger partial charge in [0.2, 0.25) is 0 Å². The van der Waals surface area contributed by atoms with Gasteiger partial charge in [-0.15, -0.1) is 18.3 Å². The number of aryl methyl sites for hydroxylation is 1. The maximum absolute atomic E-state index is 12.3. The van der Waals surface area contributed by atoms with Crippen molar-refractivity contribution in [3.63, 3.8) is 0 Å². The molecule has 2 aromatic heterocycles. The van der Waals surface area contributed by atoms with Gasteiger partial charge in [-0.25, -0.2) is 0 Å². The van der Waals surface area contributed by atoms with Crippen LogP contribution in [0, 0.1) is 0 Å². The van der Waals surface area contributed by atoms with Gasteiger partial charge in [0.1, 0.15) is 5.76 Å². The van der Waals surface area contributed by atoms with Gasteiger partial charge in [0.15, 0.2) is 0 Å². The molecule has 0 saturated heterocycles. The lowest BCUT2D eigenvalue weighted by molar-refractivity contribution is -0.303. The van der Waals surface area contributed by atoms with E-state index >= 15 is 0 Å². The summed E-state index contributed by atoms with van der Waals surface area (Å²) < 4.78 is 41.6. The van der Waals surface area contributed by atoms with Crippen molar-refractivity contribution in [2.45, 2.75) is 59.9 Å². The molecule has 1 amide bonds. The summed E-state index contributed by atoms with van der Waals surface area (Å²) in [6.45, 7) is 10.2. The third-order valence-electron chi connectivity index (χ3n) is 6.63. The molecule has 5 rings (SSSR count). The maximum atomic E-state index is 12.3. The van der Waals surface area contributed by atoms with Crippen molar-refractivity contribution in [1.82, 2.24) is 35.7 Å². The van der Waals surface area contributed by atoms with Crippen LogP contribution in [0.3, 0.4) is 0 Å². The fraction of sp³-hybridized carbons (Fsp3) is 0.324.